The number of carboxylic acid groups (broad SMARTS) is 1. The van der Waals surface area contributed by atoms with Crippen LogP contribution in [0.5, 0.6) is 0 Å². The van der Waals surface area contributed by atoms with Crippen molar-refractivity contribution in [3.63, 3.8) is 0 Å². The van der Waals surface area contributed by atoms with Gasteiger partial charge in [-0.25, -0.2) is 0 Å². The summed E-state index contributed by atoms with van der Waals surface area (Å²) >= 11 is 0. The summed E-state index contributed by atoms with van der Waals surface area (Å²) in [7, 11) is 0. The van der Waals surface area contributed by atoms with Crippen LogP contribution in [0.1, 0.15) is 26.2 Å². The maximum absolute atomic E-state index is 10.7. The zero-order valence-corrected chi connectivity index (χ0v) is 6.13. The van der Waals surface area contributed by atoms with Gasteiger partial charge >= 0.3 is 5.97 Å². The smallest absolute Gasteiger partial charge is 0.309 e. The van der Waals surface area contributed by atoms with Crippen LogP contribution in [-0.4, -0.2) is 11.1 Å². The first-order valence-electron chi connectivity index (χ1n) is 3.85. The second-order valence-corrected chi connectivity index (χ2v) is 4.03. The molecule has 2 rings (SSSR count). The van der Waals surface area contributed by atoms with Gasteiger partial charge in [-0.05, 0) is 38.0 Å². The Bertz CT molecular complexity index is 176. The number of aliphatic carboxylic acids is 1. The predicted molar refractivity (Wildman–Crippen MR) is 36.6 cm³/mol. The minimum absolute atomic E-state index is 0.367. The van der Waals surface area contributed by atoms with Crippen molar-refractivity contribution >= 4 is 5.97 Å². The molecule has 0 aromatic rings. The average molecular weight is 140 g/mol. The van der Waals surface area contributed by atoms with Gasteiger partial charge in [-0.15, -0.1) is 0 Å². The van der Waals surface area contributed by atoms with Crippen molar-refractivity contribution in [1.82, 2.24) is 0 Å². The Kier molecular flexibility index (Phi) is 0.960. The third-order valence-corrected chi connectivity index (χ3v) is 3.01. The maximum Gasteiger partial charge on any atom is 0.309 e. The Balaban J connectivity index is 2.11. The van der Waals surface area contributed by atoms with E-state index in [4.69, 9.17) is 5.11 Å². The third kappa shape index (κ3) is 0.678. The fourth-order valence-corrected chi connectivity index (χ4v) is 2.23. The number of carbonyl (C=O) groups is 1. The fraction of sp³-hybridized carbons (Fsp3) is 0.875. The molecular formula is C8H12O2. The van der Waals surface area contributed by atoms with Crippen molar-refractivity contribution in [3.05, 3.63) is 0 Å². The van der Waals surface area contributed by atoms with Crippen molar-refractivity contribution < 1.29 is 9.90 Å². The molecule has 2 saturated carbocycles. The molecule has 0 aromatic heterocycles. The summed E-state index contributed by atoms with van der Waals surface area (Å²) < 4.78 is 0. The minimum atomic E-state index is -0.597. The molecule has 1 unspecified atom stereocenters. The van der Waals surface area contributed by atoms with E-state index >= 15 is 0 Å². The highest BCUT2D eigenvalue weighted by atomic mass is 16.4. The van der Waals surface area contributed by atoms with Gasteiger partial charge < -0.3 is 5.11 Å². The van der Waals surface area contributed by atoms with E-state index in [9.17, 15) is 4.79 Å². The Morgan fingerprint density at radius 1 is 1.50 bits per heavy atom. The summed E-state index contributed by atoms with van der Waals surface area (Å²) in [6.45, 7) is 1.88. The molecule has 0 aliphatic heterocycles. The lowest BCUT2D eigenvalue weighted by atomic mass is 9.86. The van der Waals surface area contributed by atoms with Crippen LogP contribution in [0.15, 0.2) is 0 Å². The monoisotopic (exact) mass is 140 g/mol. The van der Waals surface area contributed by atoms with Crippen LogP contribution in [0.25, 0.3) is 0 Å². The largest absolute Gasteiger partial charge is 0.481 e. The zero-order chi connectivity index (χ0) is 7.35. The van der Waals surface area contributed by atoms with Gasteiger partial charge in [-0.1, -0.05) is 0 Å². The van der Waals surface area contributed by atoms with Gasteiger partial charge in [0.05, 0.1) is 5.41 Å². The highest BCUT2D eigenvalue weighted by Crippen LogP contribution is 2.59. The molecule has 2 aliphatic rings. The van der Waals surface area contributed by atoms with Gasteiger partial charge in [0, 0.05) is 0 Å². The van der Waals surface area contributed by atoms with E-state index < -0.39 is 5.97 Å². The van der Waals surface area contributed by atoms with Gasteiger partial charge in [-0.2, -0.15) is 0 Å². The third-order valence-electron chi connectivity index (χ3n) is 3.01. The molecule has 0 saturated heterocycles. The molecule has 2 aliphatic carbocycles. The number of hydrogen-bond donors (Lipinski definition) is 1. The maximum atomic E-state index is 10.7. The van der Waals surface area contributed by atoms with Gasteiger partial charge in [-0.3, -0.25) is 4.79 Å². The first-order chi connectivity index (χ1) is 4.62. The number of hydrogen-bond acceptors (Lipinski definition) is 1. The first kappa shape index (κ1) is 6.20. The van der Waals surface area contributed by atoms with Crippen molar-refractivity contribution in [2.45, 2.75) is 26.2 Å². The lowest BCUT2D eigenvalue weighted by Crippen LogP contribution is -2.25. The molecule has 0 radical (unpaired) electrons. The first-order valence-corrected chi connectivity index (χ1v) is 3.85. The van der Waals surface area contributed by atoms with Crippen molar-refractivity contribution in [2.24, 2.45) is 17.3 Å². The van der Waals surface area contributed by atoms with Crippen LogP contribution in [-0.2, 0) is 4.79 Å². The number of rotatable bonds is 1. The van der Waals surface area contributed by atoms with Gasteiger partial charge in [0.1, 0.15) is 0 Å². The Morgan fingerprint density at radius 2 is 2.00 bits per heavy atom. The van der Waals surface area contributed by atoms with Crippen molar-refractivity contribution in [1.29, 1.82) is 0 Å². The van der Waals surface area contributed by atoms with Crippen LogP contribution in [0.2, 0.25) is 0 Å². The van der Waals surface area contributed by atoms with E-state index in [-0.39, 0.29) is 5.41 Å². The zero-order valence-electron chi connectivity index (χ0n) is 6.13. The highest BCUT2D eigenvalue weighted by molar-refractivity contribution is 5.74. The summed E-state index contributed by atoms with van der Waals surface area (Å²) in [5, 5.41) is 8.81. The van der Waals surface area contributed by atoms with Crippen LogP contribution in [0.4, 0.5) is 0 Å². The van der Waals surface area contributed by atoms with E-state index in [1.807, 2.05) is 6.92 Å². The van der Waals surface area contributed by atoms with Gasteiger partial charge in [0.2, 0.25) is 0 Å². The van der Waals surface area contributed by atoms with Crippen LogP contribution in [0.3, 0.4) is 0 Å². The molecule has 2 heteroatoms. The molecule has 0 heterocycles. The summed E-state index contributed by atoms with van der Waals surface area (Å²) in [5.41, 5.74) is -0.367. The van der Waals surface area contributed by atoms with Gasteiger partial charge in [0.15, 0.2) is 0 Å². The topological polar surface area (TPSA) is 37.3 Å². The van der Waals surface area contributed by atoms with Crippen LogP contribution >= 0.6 is 0 Å². The molecule has 56 valence electrons. The second-order valence-electron chi connectivity index (χ2n) is 4.03. The lowest BCUT2D eigenvalue weighted by Gasteiger charge is -2.18. The number of carboxylic acids is 1. The van der Waals surface area contributed by atoms with Gasteiger partial charge in [0.25, 0.3) is 0 Å². The predicted octanol–water partition coefficient (Wildman–Crippen LogP) is 1.51. The van der Waals surface area contributed by atoms with E-state index in [1.54, 1.807) is 0 Å². The summed E-state index contributed by atoms with van der Waals surface area (Å²) in [4.78, 5) is 10.7. The van der Waals surface area contributed by atoms with Crippen molar-refractivity contribution in [3.8, 4) is 0 Å². The fourth-order valence-electron chi connectivity index (χ4n) is 2.23. The molecule has 0 bridgehead atoms. The van der Waals surface area contributed by atoms with E-state index in [0.29, 0.717) is 0 Å². The second kappa shape index (κ2) is 1.55. The standard InChI is InChI=1S/C8H12O2/c1-8(7(9)10)3-5-2-6(5)4-8/h5-6H,2-4H2,1H3,(H,9,10)/t5-,6+,8?. The minimum Gasteiger partial charge on any atom is -0.481 e. The van der Waals surface area contributed by atoms with E-state index in [2.05, 4.69) is 0 Å². The van der Waals surface area contributed by atoms with E-state index in [1.165, 1.54) is 6.42 Å². The Hall–Kier alpha value is -0.530. The summed E-state index contributed by atoms with van der Waals surface area (Å²) in [6, 6.07) is 0. The molecule has 0 spiro atoms. The average Bonchev–Trinajstić information content (AvgIpc) is 2.41. The SMILES string of the molecule is CC1(C(=O)O)C[C@H]2C[C@H]2C1. The molecular weight excluding hydrogens is 128 g/mol. The lowest BCUT2D eigenvalue weighted by molar-refractivity contribution is -0.148. The summed E-state index contributed by atoms with van der Waals surface area (Å²) in [5.74, 6) is 0.932. The molecule has 0 aromatic carbocycles. The molecule has 1 N–H and O–H groups in total. The molecule has 2 fully saturated rings. The molecule has 10 heavy (non-hydrogen) atoms. The molecule has 2 nitrogen and oxygen atoms in total. The highest BCUT2D eigenvalue weighted by Gasteiger charge is 2.54. The normalized spacial score (nSPS) is 50.5. The Labute approximate surface area is 60.2 Å². The number of fused-ring (bicyclic) bond motifs is 1. The molecule has 0 amide bonds. The van der Waals surface area contributed by atoms with Crippen LogP contribution < -0.4 is 0 Å². The summed E-state index contributed by atoms with van der Waals surface area (Å²) in [6.07, 6.45) is 3.14. The van der Waals surface area contributed by atoms with Crippen LogP contribution in [0, 0.1) is 17.3 Å². The van der Waals surface area contributed by atoms with Crippen molar-refractivity contribution in [2.75, 3.05) is 0 Å². The molecule has 3 atom stereocenters. The Morgan fingerprint density at radius 3 is 2.30 bits per heavy atom. The van der Waals surface area contributed by atoms with E-state index in [0.717, 1.165) is 24.7 Å². The quantitative estimate of drug-likeness (QED) is 0.599.